The molecule has 1 heterocycles. The predicted octanol–water partition coefficient (Wildman–Crippen LogP) is 0.214. The van der Waals surface area contributed by atoms with Gasteiger partial charge >= 0.3 is 5.69 Å². The van der Waals surface area contributed by atoms with E-state index >= 15 is 0 Å². The molecule has 0 unspecified atom stereocenters. The van der Waals surface area contributed by atoms with Crippen LogP contribution in [0.25, 0.3) is 0 Å². The molecule has 0 atom stereocenters. The molecule has 1 aliphatic rings. The summed E-state index contributed by atoms with van der Waals surface area (Å²) >= 11 is 0. The number of hydrogen-bond acceptors (Lipinski definition) is 7. The molecule has 1 aromatic heterocycles. The Morgan fingerprint density at radius 1 is 1.45 bits per heavy atom. The minimum atomic E-state index is -0.556. The van der Waals surface area contributed by atoms with E-state index in [4.69, 9.17) is 5.73 Å². The first-order valence-corrected chi connectivity index (χ1v) is 6.29. The Bertz CT molecular complexity index is 543. The lowest BCUT2D eigenvalue weighted by Gasteiger charge is -2.09. The van der Waals surface area contributed by atoms with Crippen LogP contribution in [0.1, 0.15) is 18.5 Å². The van der Waals surface area contributed by atoms with Crippen LogP contribution in [0.3, 0.4) is 0 Å². The molecule has 9 nitrogen and oxygen atoms in total. The van der Waals surface area contributed by atoms with Crippen LogP contribution in [-0.4, -0.2) is 33.9 Å². The number of nitrogens with two attached hydrogens (primary N) is 1. The van der Waals surface area contributed by atoms with Gasteiger partial charge in [0.05, 0.1) is 4.92 Å². The van der Waals surface area contributed by atoms with E-state index in [0.717, 1.165) is 12.8 Å². The Morgan fingerprint density at radius 3 is 2.75 bits per heavy atom. The van der Waals surface area contributed by atoms with Crippen molar-refractivity contribution in [3.8, 4) is 0 Å². The Morgan fingerprint density at radius 2 is 2.15 bits per heavy atom. The Balaban J connectivity index is 1.94. The summed E-state index contributed by atoms with van der Waals surface area (Å²) in [6.07, 6.45) is 1.87. The van der Waals surface area contributed by atoms with Crippen LogP contribution >= 0.6 is 0 Å². The standard InChI is InChI=1S/C11H16N6O3/c1-6-8(17(19)20)9(16-11(12)15-6)13-4-5-14-10(18)7-2-3-7/h7H,2-5H2,1H3,(H,14,18)(H3,12,13,15,16). The first-order chi connectivity index (χ1) is 9.49. The molecule has 1 saturated carbocycles. The number of nitrogens with one attached hydrogen (secondary N) is 2. The molecule has 1 amide bonds. The van der Waals surface area contributed by atoms with Gasteiger partial charge in [0.25, 0.3) is 0 Å². The number of nitrogens with zero attached hydrogens (tertiary/aromatic N) is 3. The molecule has 1 aliphatic carbocycles. The summed E-state index contributed by atoms with van der Waals surface area (Å²) in [5, 5.41) is 16.5. The number of nitrogen functional groups attached to an aromatic ring is 1. The molecule has 0 radical (unpaired) electrons. The summed E-state index contributed by atoms with van der Waals surface area (Å²) in [5.41, 5.74) is 5.47. The van der Waals surface area contributed by atoms with Crippen LogP contribution in [0.5, 0.6) is 0 Å². The topological polar surface area (TPSA) is 136 Å². The summed E-state index contributed by atoms with van der Waals surface area (Å²) in [5.74, 6) is 0.208. The minimum Gasteiger partial charge on any atom is -0.368 e. The maximum absolute atomic E-state index is 11.4. The zero-order chi connectivity index (χ0) is 14.7. The highest BCUT2D eigenvalue weighted by Crippen LogP contribution is 2.28. The van der Waals surface area contributed by atoms with E-state index < -0.39 is 4.92 Å². The van der Waals surface area contributed by atoms with Crippen LogP contribution in [0, 0.1) is 23.0 Å². The summed E-state index contributed by atoms with van der Waals surface area (Å²) in [6.45, 7) is 2.20. The second kappa shape index (κ2) is 5.68. The van der Waals surface area contributed by atoms with E-state index in [1.807, 2.05) is 0 Å². The molecule has 4 N–H and O–H groups in total. The summed E-state index contributed by atoms with van der Waals surface area (Å²) < 4.78 is 0. The van der Waals surface area contributed by atoms with Gasteiger partial charge in [-0.15, -0.1) is 0 Å². The molecule has 2 rings (SSSR count). The van der Waals surface area contributed by atoms with Gasteiger partial charge in [0, 0.05) is 19.0 Å². The van der Waals surface area contributed by atoms with E-state index in [2.05, 4.69) is 20.6 Å². The van der Waals surface area contributed by atoms with Crippen molar-refractivity contribution in [1.82, 2.24) is 15.3 Å². The highest BCUT2D eigenvalue weighted by Gasteiger charge is 2.29. The number of nitro groups is 1. The van der Waals surface area contributed by atoms with Crippen molar-refractivity contribution in [2.24, 2.45) is 5.92 Å². The fraction of sp³-hybridized carbons (Fsp3) is 0.545. The number of aromatic nitrogens is 2. The number of aryl methyl sites for hydroxylation is 1. The molecular formula is C11H16N6O3. The van der Waals surface area contributed by atoms with Gasteiger partial charge in [-0.25, -0.2) is 4.98 Å². The summed E-state index contributed by atoms with van der Waals surface area (Å²) in [7, 11) is 0. The maximum atomic E-state index is 11.4. The van der Waals surface area contributed by atoms with Gasteiger partial charge < -0.3 is 16.4 Å². The fourth-order valence-electron chi connectivity index (χ4n) is 1.79. The minimum absolute atomic E-state index is 0.0275. The van der Waals surface area contributed by atoms with Crippen molar-refractivity contribution < 1.29 is 9.72 Å². The van der Waals surface area contributed by atoms with Crippen molar-refractivity contribution in [3.05, 3.63) is 15.8 Å². The molecule has 0 bridgehead atoms. The highest BCUT2D eigenvalue weighted by atomic mass is 16.6. The molecule has 108 valence electrons. The highest BCUT2D eigenvalue weighted by molar-refractivity contribution is 5.80. The second-order valence-electron chi connectivity index (χ2n) is 4.61. The third kappa shape index (κ3) is 3.31. The van der Waals surface area contributed by atoms with E-state index in [9.17, 15) is 14.9 Å². The first-order valence-electron chi connectivity index (χ1n) is 6.29. The van der Waals surface area contributed by atoms with Crippen molar-refractivity contribution in [2.75, 3.05) is 24.1 Å². The number of carbonyl (C=O) groups excluding carboxylic acids is 1. The van der Waals surface area contributed by atoms with Gasteiger partial charge in [-0.2, -0.15) is 4.98 Å². The molecule has 0 saturated heterocycles. The lowest BCUT2D eigenvalue weighted by atomic mass is 10.3. The third-order valence-electron chi connectivity index (χ3n) is 2.92. The average molecular weight is 280 g/mol. The van der Waals surface area contributed by atoms with E-state index in [-0.39, 0.29) is 35.0 Å². The lowest BCUT2D eigenvalue weighted by Crippen LogP contribution is -2.30. The van der Waals surface area contributed by atoms with Crippen LogP contribution in [-0.2, 0) is 4.79 Å². The van der Waals surface area contributed by atoms with E-state index in [0.29, 0.717) is 13.1 Å². The smallest absolute Gasteiger partial charge is 0.332 e. The number of hydrogen-bond donors (Lipinski definition) is 3. The molecule has 0 spiro atoms. The van der Waals surface area contributed by atoms with Crippen LogP contribution in [0.4, 0.5) is 17.5 Å². The molecule has 20 heavy (non-hydrogen) atoms. The predicted molar refractivity (Wildman–Crippen MR) is 72.1 cm³/mol. The number of amides is 1. The maximum Gasteiger partial charge on any atom is 0.332 e. The second-order valence-corrected chi connectivity index (χ2v) is 4.61. The lowest BCUT2D eigenvalue weighted by molar-refractivity contribution is -0.385. The Hall–Kier alpha value is -2.45. The molecule has 1 fully saturated rings. The molecule has 0 aromatic carbocycles. The monoisotopic (exact) mass is 280 g/mol. The molecule has 9 heteroatoms. The normalized spacial score (nSPS) is 13.8. The first kappa shape index (κ1) is 14.0. The number of rotatable bonds is 6. The largest absolute Gasteiger partial charge is 0.368 e. The average Bonchev–Trinajstić information content (AvgIpc) is 3.16. The van der Waals surface area contributed by atoms with Gasteiger partial charge in [0.15, 0.2) is 0 Å². The zero-order valence-corrected chi connectivity index (χ0v) is 11.0. The van der Waals surface area contributed by atoms with Crippen molar-refractivity contribution in [1.29, 1.82) is 0 Å². The molecule has 1 aromatic rings. The van der Waals surface area contributed by atoms with Gasteiger partial charge in [-0.3, -0.25) is 14.9 Å². The van der Waals surface area contributed by atoms with Crippen LogP contribution in [0.2, 0.25) is 0 Å². The molecular weight excluding hydrogens is 264 g/mol. The fourth-order valence-corrected chi connectivity index (χ4v) is 1.79. The summed E-state index contributed by atoms with van der Waals surface area (Å²) in [6, 6.07) is 0. The third-order valence-corrected chi connectivity index (χ3v) is 2.92. The van der Waals surface area contributed by atoms with Gasteiger partial charge in [0.2, 0.25) is 17.7 Å². The van der Waals surface area contributed by atoms with Crippen molar-refractivity contribution in [3.63, 3.8) is 0 Å². The SMILES string of the molecule is Cc1nc(N)nc(NCCNC(=O)C2CC2)c1[N+](=O)[O-]. The van der Waals surface area contributed by atoms with Crippen molar-refractivity contribution in [2.45, 2.75) is 19.8 Å². The number of carbonyl (C=O) groups is 1. The quantitative estimate of drug-likeness (QED) is 0.385. The van der Waals surface area contributed by atoms with E-state index in [1.54, 1.807) is 0 Å². The summed E-state index contributed by atoms with van der Waals surface area (Å²) in [4.78, 5) is 29.4. The van der Waals surface area contributed by atoms with Gasteiger partial charge in [-0.05, 0) is 19.8 Å². The van der Waals surface area contributed by atoms with Crippen LogP contribution < -0.4 is 16.4 Å². The molecule has 0 aliphatic heterocycles. The van der Waals surface area contributed by atoms with Gasteiger partial charge in [-0.1, -0.05) is 0 Å². The number of anilines is 2. The zero-order valence-electron chi connectivity index (χ0n) is 11.0. The Kier molecular flexibility index (Phi) is 3.97. The van der Waals surface area contributed by atoms with Crippen LogP contribution in [0.15, 0.2) is 0 Å². The van der Waals surface area contributed by atoms with E-state index in [1.165, 1.54) is 6.92 Å². The Labute approximate surface area is 115 Å². The van der Waals surface area contributed by atoms with Gasteiger partial charge in [0.1, 0.15) is 5.69 Å². The van der Waals surface area contributed by atoms with Crippen molar-refractivity contribution >= 4 is 23.4 Å².